The van der Waals surface area contributed by atoms with Gasteiger partial charge in [-0.25, -0.2) is 0 Å². The number of ether oxygens (including phenoxy) is 2. The molecule has 120 valence electrons. The predicted molar refractivity (Wildman–Crippen MR) is 86.0 cm³/mol. The van der Waals surface area contributed by atoms with Crippen molar-refractivity contribution in [2.24, 2.45) is 5.92 Å². The predicted octanol–water partition coefficient (Wildman–Crippen LogP) is 2.93. The topological polar surface area (TPSA) is 41.9 Å². The van der Waals surface area contributed by atoms with Gasteiger partial charge in [0.05, 0.1) is 20.3 Å². The van der Waals surface area contributed by atoms with Crippen LogP contribution in [0, 0.1) is 5.92 Å². The van der Waals surface area contributed by atoms with Crippen LogP contribution in [0.4, 0.5) is 0 Å². The zero-order valence-electron chi connectivity index (χ0n) is 13.9. The van der Waals surface area contributed by atoms with Gasteiger partial charge in [-0.1, -0.05) is 32.9 Å². The number of rotatable bonds is 9. The summed E-state index contributed by atoms with van der Waals surface area (Å²) in [6, 6.07) is 5.92. The third-order valence-electron chi connectivity index (χ3n) is 3.63. The van der Waals surface area contributed by atoms with Crippen LogP contribution in [0.25, 0.3) is 0 Å². The molecule has 1 aromatic carbocycles. The molecule has 4 heteroatoms. The Kier molecular flexibility index (Phi) is 7.54. The molecule has 1 atom stereocenters. The molecule has 1 rings (SSSR count). The van der Waals surface area contributed by atoms with E-state index in [1.807, 2.05) is 32.0 Å². The molecule has 0 aromatic heterocycles. The molecule has 1 aromatic rings. The number of methoxy groups -OCH3 is 2. The lowest BCUT2D eigenvalue weighted by molar-refractivity contribution is 0.0728. The molecule has 0 bridgehead atoms. The summed E-state index contributed by atoms with van der Waals surface area (Å²) < 4.78 is 10.8. The third-order valence-corrected chi connectivity index (χ3v) is 3.63. The van der Waals surface area contributed by atoms with Gasteiger partial charge < -0.3 is 14.6 Å². The van der Waals surface area contributed by atoms with Crippen LogP contribution >= 0.6 is 0 Å². The van der Waals surface area contributed by atoms with E-state index in [-0.39, 0.29) is 12.0 Å². The summed E-state index contributed by atoms with van der Waals surface area (Å²) in [5, 5.41) is 10.1. The van der Waals surface area contributed by atoms with E-state index >= 15 is 0 Å². The van der Waals surface area contributed by atoms with Gasteiger partial charge in [0.25, 0.3) is 0 Å². The molecule has 0 unspecified atom stereocenters. The van der Waals surface area contributed by atoms with Gasteiger partial charge in [-0.2, -0.15) is 0 Å². The molecule has 0 heterocycles. The van der Waals surface area contributed by atoms with E-state index in [0.29, 0.717) is 6.54 Å². The zero-order valence-corrected chi connectivity index (χ0v) is 13.9. The number of benzene rings is 1. The minimum absolute atomic E-state index is 0.261. The number of aliphatic hydroxyl groups excluding tert-OH is 1. The number of hydrogen-bond acceptors (Lipinski definition) is 4. The van der Waals surface area contributed by atoms with Gasteiger partial charge in [0, 0.05) is 18.7 Å². The molecule has 0 spiro atoms. The lowest BCUT2D eigenvalue weighted by Gasteiger charge is -2.27. The van der Waals surface area contributed by atoms with Gasteiger partial charge in [0.2, 0.25) is 0 Å². The van der Waals surface area contributed by atoms with Crippen molar-refractivity contribution in [2.75, 3.05) is 27.3 Å². The summed E-state index contributed by atoms with van der Waals surface area (Å²) >= 11 is 0. The number of hydrogen-bond donors (Lipinski definition) is 1. The van der Waals surface area contributed by atoms with Crippen LogP contribution in [0.1, 0.15) is 32.8 Å². The second-order valence-electron chi connectivity index (χ2n) is 5.70. The Morgan fingerprint density at radius 3 is 2.43 bits per heavy atom. The van der Waals surface area contributed by atoms with Crippen LogP contribution < -0.4 is 9.47 Å². The zero-order chi connectivity index (χ0) is 15.8. The first-order chi connectivity index (χ1) is 10.0. The van der Waals surface area contributed by atoms with Crippen molar-refractivity contribution in [2.45, 2.75) is 39.8 Å². The van der Waals surface area contributed by atoms with E-state index in [2.05, 4.69) is 11.8 Å². The van der Waals surface area contributed by atoms with Crippen molar-refractivity contribution >= 4 is 0 Å². The first-order valence-corrected chi connectivity index (χ1v) is 7.63. The third kappa shape index (κ3) is 5.21. The second-order valence-corrected chi connectivity index (χ2v) is 5.70. The van der Waals surface area contributed by atoms with Gasteiger partial charge in [0.1, 0.15) is 0 Å². The van der Waals surface area contributed by atoms with E-state index < -0.39 is 0 Å². The average Bonchev–Trinajstić information content (AvgIpc) is 2.46. The first-order valence-electron chi connectivity index (χ1n) is 7.63. The SMILES string of the molecule is CCCN(Cc1cccc(OC)c1OC)C[C@H](O)C(C)C. The van der Waals surface area contributed by atoms with Crippen molar-refractivity contribution < 1.29 is 14.6 Å². The summed E-state index contributed by atoms with van der Waals surface area (Å²) in [5.41, 5.74) is 1.08. The van der Waals surface area contributed by atoms with Crippen molar-refractivity contribution in [3.63, 3.8) is 0 Å². The van der Waals surface area contributed by atoms with E-state index in [1.165, 1.54) is 0 Å². The van der Waals surface area contributed by atoms with Crippen LogP contribution in [0.5, 0.6) is 11.5 Å². The minimum Gasteiger partial charge on any atom is -0.493 e. The van der Waals surface area contributed by atoms with Crippen LogP contribution in [0.2, 0.25) is 0 Å². The highest BCUT2D eigenvalue weighted by Gasteiger charge is 2.17. The lowest BCUT2D eigenvalue weighted by atomic mass is 10.1. The van der Waals surface area contributed by atoms with Crippen LogP contribution in [0.3, 0.4) is 0 Å². The number of aliphatic hydroxyl groups is 1. The number of nitrogens with zero attached hydrogens (tertiary/aromatic N) is 1. The molecule has 0 aliphatic carbocycles. The largest absolute Gasteiger partial charge is 0.493 e. The highest BCUT2D eigenvalue weighted by molar-refractivity contribution is 5.46. The second kappa shape index (κ2) is 8.90. The highest BCUT2D eigenvalue weighted by atomic mass is 16.5. The monoisotopic (exact) mass is 295 g/mol. The normalized spacial score (nSPS) is 12.8. The summed E-state index contributed by atoms with van der Waals surface area (Å²) in [6.45, 7) is 8.60. The van der Waals surface area contributed by atoms with Crippen LogP contribution in [-0.4, -0.2) is 43.4 Å². The van der Waals surface area contributed by atoms with Gasteiger partial charge in [-0.15, -0.1) is 0 Å². The average molecular weight is 295 g/mol. The molecule has 0 aliphatic rings. The van der Waals surface area contributed by atoms with Crippen molar-refractivity contribution in [3.05, 3.63) is 23.8 Å². The lowest BCUT2D eigenvalue weighted by Crippen LogP contribution is -2.35. The maximum atomic E-state index is 10.1. The molecule has 0 aliphatic heterocycles. The molecule has 0 saturated carbocycles. The summed E-state index contributed by atoms with van der Waals surface area (Å²) in [4.78, 5) is 2.27. The fourth-order valence-electron chi connectivity index (χ4n) is 2.35. The van der Waals surface area contributed by atoms with Crippen molar-refractivity contribution in [3.8, 4) is 11.5 Å². The van der Waals surface area contributed by atoms with E-state index in [1.54, 1.807) is 14.2 Å². The Hall–Kier alpha value is -1.26. The van der Waals surface area contributed by atoms with E-state index in [0.717, 1.165) is 36.6 Å². The van der Waals surface area contributed by atoms with Gasteiger partial charge in [0.15, 0.2) is 11.5 Å². The van der Waals surface area contributed by atoms with Crippen molar-refractivity contribution in [1.29, 1.82) is 0 Å². The molecule has 4 nitrogen and oxygen atoms in total. The van der Waals surface area contributed by atoms with E-state index in [4.69, 9.17) is 9.47 Å². The number of para-hydroxylation sites is 1. The molecular formula is C17H29NO3. The van der Waals surface area contributed by atoms with E-state index in [9.17, 15) is 5.11 Å². The Balaban J connectivity index is 2.88. The molecule has 21 heavy (non-hydrogen) atoms. The Labute approximate surface area is 128 Å². The fraction of sp³-hybridized carbons (Fsp3) is 0.647. The Morgan fingerprint density at radius 1 is 1.19 bits per heavy atom. The maximum absolute atomic E-state index is 10.1. The maximum Gasteiger partial charge on any atom is 0.165 e. The summed E-state index contributed by atoms with van der Waals surface area (Å²) in [6.07, 6.45) is 0.741. The van der Waals surface area contributed by atoms with Gasteiger partial charge in [-0.05, 0) is 24.9 Å². The quantitative estimate of drug-likeness (QED) is 0.760. The fourth-order valence-corrected chi connectivity index (χ4v) is 2.35. The van der Waals surface area contributed by atoms with Crippen LogP contribution in [0.15, 0.2) is 18.2 Å². The molecule has 0 saturated heterocycles. The Morgan fingerprint density at radius 2 is 1.90 bits per heavy atom. The molecule has 1 N–H and O–H groups in total. The Bertz CT molecular complexity index is 420. The highest BCUT2D eigenvalue weighted by Crippen LogP contribution is 2.31. The molecular weight excluding hydrogens is 266 g/mol. The smallest absolute Gasteiger partial charge is 0.165 e. The molecule has 0 amide bonds. The molecule has 0 radical (unpaired) electrons. The van der Waals surface area contributed by atoms with Crippen molar-refractivity contribution in [1.82, 2.24) is 4.90 Å². The van der Waals surface area contributed by atoms with Crippen LogP contribution in [-0.2, 0) is 6.54 Å². The van der Waals surface area contributed by atoms with Gasteiger partial charge in [-0.3, -0.25) is 4.90 Å². The first kappa shape index (κ1) is 17.8. The molecule has 0 fully saturated rings. The minimum atomic E-state index is -0.312. The summed E-state index contributed by atoms with van der Waals surface area (Å²) in [7, 11) is 3.31. The summed E-state index contributed by atoms with van der Waals surface area (Å²) in [5.74, 6) is 1.78. The van der Waals surface area contributed by atoms with Gasteiger partial charge >= 0.3 is 0 Å². The standard InChI is InChI=1S/C17H29NO3/c1-6-10-18(12-15(19)13(2)3)11-14-8-7-9-16(20-4)17(14)21-5/h7-9,13,15,19H,6,10-12H2,1-5H3/t15-/m0/s1.